The largest absolute Gasteiger partial charge is 0.490 e. The second kappa shape index (κ2) is 13.7. The van der Waals surface area contributed by atoms with Crippen LogP contribution in [0.15, 0.2) is 48.9 Å². The van der Waals surface area contributed by atoms with Crippen molar-refractivity contribution in [3.63, 3.8) is 0 Å². The lowest BCUT2D eigenvalue weighted by molar-refractivity contribution is -0.193. The van der Waals surface area contributed by atoms with Gasteiger partial charge in [0, 0.05) is 18.9 Å². The van der Waals surface area contributed by atoms with E-state index in [4.69, 9.17) is 29.3 Å². The van der Waals surface area contributed by atoms with E-state index < -0.39 is 24.3 Å². The minimum atomic E-state index is -5.08. The van der Waals surface area contributed by atoms with Crippen LogP contribution in [0, 0.1) is 0 Å². The number of hydrogen-bond donors (Lipinski definition) is 2. The molecule has 0 saturated carbocycles. The number of carboxylic acid groups (broad SMARTS) is 2. The molecule has 0 unspecified atom stereocenters. The van der Waals surface area contributed by atoms with E-state index in [0.29, 0.717) is 12.3 Å². The Labute approximate surface area is 217 Å². The molecule has 4 heterocycles. The van der Waals surface area contributed by atoms with Crippen LogP contribution in [-0.4, -0.2) is 86.7 Å². The van der Waals surface area contributed by atoms with Crippen LogP contribution in [-0.2, 0) is 14.3 Å². The summed E-state index contributed by atoms with van der Waals surface area (Å²) in [6, 6.07) is 9.32. The van der Waals surface area contributed by atoms with Crippen LogP contribution < -0.4 is 4.74 Å². The summed E-state index contributed by atoms with van der Waals surface area (Å²) >= 11 is 0. The highest BCUT2D eigenvalue weighted by Gasteiger charge is 2.42. The molecule has 2 aromatic rings. The van der Waals surface area contributed by atoms with Crippen molar-refractivity contribution >= 4 is 17.8 Å². The lowest BCUT2D eigenvalue weighted by Crippen LogP contribution is -2.46. The Kier molecular flexibility index (Phi) is 11.0. The zero-order chi connectivity index (χ0) is 29.2. The highest BCUT2D eigenvalue weighted by molar-refractivity contribution is 5.92. The summed E-state index contributed by atoms with van der Waals surface area (Å²) in [7, 11) is 0. The summed E-state index contributed by atoms with van der Waals surface area (Å²) in [5.74, 6) is -4.76. The van der Waals surface area contributed by atoms with E-state index in [-0.39, 0.29) is 24.2 Å². The molecule has 0 aliphatic carbocycles. The molecule has 0 radical (unpaired) electrons. The quantitative estimate of drug-likeness (QED) is 0.531. The first-order valence-corrected chi connectivity index (χ1v) is 11.2. The molecule has 10 nitrogen and oxygen atoms in total. The number of nitrogens with zero attached hydrogens (tertiary/aromatic N) is 3. The lowest BCUT2D eigenvalue weighted by Gasteiger charge is -2.35. The molecular weight excluding hydrogens is 544 g/mol. The second-order valence-corrected chi connectivity index (χ2v) is 8.05. The van der Waals surface area contributed by atoms with E-state index in [1.165, 1.54) is 0 Å². The van der Waals surface area contributed by atoms with E-state index in [9.17, 15) is 31.1 Å². The van der Waals surface area contributed by atoms with Crippen LogP contribution in [0.4, 0.5) is 26.3 Å². The molecule has 2 N–H and O–H groups in total. The minimum Gasteiger partial charge on any atom is -0.489 e. The normalized spacial score (nSPS) is 20.4. The van der Waals surface area contributed by atoms with Crippen molar-refractivity contribution in [1.82, 2.24) is 14.9 Å². The Morgan fingerprint density at radius 2 is 1.59 bits per heavy atom. The Hall–Kier alpha value is -3.95. The van der Waals surface area contributed by atoms with E-state index in [2.05, 4.69) is 9.97 Å². The highest BCUT2D eigenvalue weighted by atomic mass is 19.4. The summed E-state index contributed by atoms with van der Waals surface area (Å²) in [5, 5.41) is 14.2. The number of aromatic nitrogens is 2. The summed E-state index contributed by atoms with van der Waals surface area (Å²) in [5.41, 5.74) is 0.505. The number of hydrogen-bond acceptors (Lipinski definition) is 7. The van der Waals surface area contributed by atoms with Gasteiger partial charge in [-0.2, -0.15) is 26.3 Å². The van der Waals surface area contributed by atoms with Crippen molar-refractivity contribution in [1.29, 1.82) is 0 Å². The van der Waals surface area contributed by atoms with E-state index >= 15 is 0 Å². The number of pyridine rings is 2. The predicted octanol–water partition coefficient (Wildman–Crippen LogP) is 3.58. The molecule has 39 heavy (non-hydrogen) atoms. The SMILES string of the molecule is O=C(O)C(F)(F)F.O=C(O)C(F)(F)F.O=C(c1ccccn1)N1CC[C@@H]2O[C@H](COc3cccnc3)CC[C@@H]21. The van der Waals surface area contributed by atoms with Crippen molar-refractivity contribution < 1.29 is 60.4 Å². The number of likely N-dealkylation sites (tertiary alicyclic amines) is 1. The Balaban J connectivity index is 0.000000317. The maximum Gasteiger partial charge on any atom is 0.490 e. The van der Waals surface area contributed by atoms with Gasteiger partial charge in [0.05, 0.1) is 24.4 Å². The van der Waals surface area contributed by atoms with Gasteiger partial charge in [0.15, 0.2) is 0 Å². The maximum atomic E-state index is 12.7. The van der Waals surface area contributed by atoms with Gasteiger partial charge in [-0.1, -0.05) is 6.07 Å². The van der Waals surface area contributed by atoms with Gasteiger partial charge in [-0.3, -0.25) is 14.8 Å². The molecular formula is C23H23F6N3O7. The fraction of sp³-hybridized carbons (Fsp3) is 0.435. The number of alkyl halides is 6. The summed E-state index contributed by atoms with van der Waals surface area (Å²) in [4.78, 5) is 40.6. The average molecular weight is 567 g/mol. The predicted molar refractivity (Wildman–Crippen MR) is 119 cm³/mol. The van der Waals surface area contributed by atoms with Crippen molar-refractivity contribution in [2.45, 2.75) is 49.9 Å². The number of carboxylic acids is 2. The first kappa shape index (κ1) is 31.3. The molecule has 0 bridgehead atoms. The number of amides is 1. The van der Waals surface area contributed by atoms with E-state index in [1.54, 1.807) is 24.7 Å². The first-order valence-electron chi connectivity index (χ1n) is 11.2. The molecule has 4 rings (SSSR count). The molecule has 0 spiro atoms. The molecule has 214 valence electrons. The number of ether oxygens (including phenoxy) is 2. The maximum absolute atomic E-state index is 12.7. The summed E-state index contributed by atoms with van der Waals surface area (Å²) in [6.07, 6.45) is -2.25. The number of fused-ring (bicyclic) bond motifs is 1. The molecule has 3 atom stereocenters. The zero-order valence-corrected chi connectivity index (χ0v) is 19.9. The van der Waals surface area contributed by atoms with Gasteiger partial charge in [-0.05, 0) is 43.5 Å². The van der Waals surface area contributed by atoms with Crippen LogP contribution in [0.2, 0.25) is 0 Å². The zero-order valence-electron chi connectivity index (χ0n) is 19.9. The number of halogens is 6. The average Bonchev–Trinajstić information content (AvgIpc) is 3.31. The van der Waals surface area contributed by atoms with Crippen molar-refractivity contribution in [3.05, 3.63) is 54.6 Å². The van der Waals surface area contributed by atoms with Crippen LogP contribution in [0.5, 0.6) is 5.75 Å². The minimum absolute atomic E-state index is 0.00163. The van der Waals surface area contributed by atoms with E-state index in [0.717, 1.165) is 31.6 Å². The van der Waals surface area contributed by atoms with Crippen LogP contribution in [0.1, 0.15) is 29.8 Å². The molecule has 2 saturated heterocycles. The third-order valence-electron chi connectivity index (χ3n) is 5.34. The van der Waals surface area contributed by atoms with Crippen LogP contribution in [0.25, 0.3) is 0 Å². The highest BCUT2D eigenvalue weighted by Crippen LogP contribution is 2.32. The van der Waals surface area contributed by atoms with Crippen LogP contribution in [0.3, 0.4) is 0 Å². The van der Waals surface area contributed by atoms with Gasteiger partial charge >= 0.3 is 24.3 Å². The standard InChI is InChI=1S/C19H21N3O3.2C2HF3O2/c23-19(16-5-1-2-10-21-16)22-11-8-18-17(22)7-6-15(25-18)13-24-14-4-3-9-20-12-14;2*3-2(4,5)1(6)7/h1-5,9-10,12,15,17-18H,6-8,11,13H2;2*(H,6,7)/t15-,17-,18-;;/m0../s1. The Morgan fingerprint density at radius 1 is 0.949 bits per heavy atom. The number of carbonyl (C=O) groups excluding carboxylic acids is 1. The number of rotatable bonds is 4. The van der Waals surface area contributed by atoms with E-state index in [1.807, 2.05) is 29.2 Å². The monoisotopic (exact) mass is 567 g/mol. The van der Waals surface area contributed by atoms with Gasteiger partial charge in [0.2, 0.25) is 0 Å². The van der Waals surface area contributed by atoms with Gasteiger partial charge in [-0.15, -0.1) is 0 Å². The van der Waals surface area contributed by atoms with Crippen molar-refractivity contribution in [2.24, 2.45) is 0 Å². The first-order chi connectivity index (χ1) is 18.2. The topological polar surface area (TPSA) is 139 Å². The number of aliphatic carboxylic acids is 2. The molecule has 2 aromatic heterocycles. The lowest BCUT2D eigenvalue weighted by atomic mass is 9.99. The molecule has 2 aliphatic rings. The second-order valence-electron chi connectivity index (χ2n) is 8.05. The fourth-order valence-corrected chi connectivity index (χ4v) is 3.63. The molecule has 0 aromatic carbocycles. The molecule has 2 aliphatic heterocycles. The Morgan fingerprint density at radius 3 is 2.10 bits per heavy atom. The molecule has 1 amide bonds. The fourth-order valence-electron chi connectivity index (χ4n) is 3.63. The van der Waals surface area contributed by atoms with Gasteiger partial charge in [0.1, 0.15) is 18.1 Å². The number of carbonyl (C=O) groups is 3. The van der Waals surface area contributed by atoms with Crippen molar-refractivity contribution in [2.75, 3.05) is 13.2 Å². The molecule has 16 heteroatoms. The van der Waals surface area contributed by atoms with Gasteiger partial charge < -0.3 is 24.6 Å². The third-order valence-corrected chi connectivity index (χ3v) is 5.34. The summed E-state index contributed by atoms with van der Waals surface area (Å²) in [6.45, 7) is 1.24. The van der Waals surface area contributed by atoms with Gasteiger partial charge in [0.25, 0.3) is 5.91 Å². The smallest absolute Gasteiger partial charge is 0.489 e. The molecule has 2 fully saturated rings. The summed E-state index contributed by atoms with van der Waals surface area (Å²) < 4.78 is 75.4. The third kappa shape index (κ3) is 10.0. The Bertz CT molecular complexity index is 1060. The van der Waals surface area contributed by atoms with Gasteiger partial charge in [-0.25, -0.2) is 9.59 Å². The van der Waals surface area contributed by atoms with Crippen LogP contribution >= 0.6 is 0 Å². The van der Waals surface area contributed by atoms with Crippen molar-refractivity contribution in [3.8, 4) is 5.75 Å².